The molecule has 2 aromatic carbocycles. The summed E-state index contributed by atoms with van der Waals surface area (Å²) in [5.74, 6) is 2.00. The molecule has 0 aliphatic carbocycles. The van der Waals surface area contributed by atoms with Crippen LogP contribution >= 0.6 is 15.9 Å². The van der Waals surface area contributed by atoms with E-state index >= 15 is 0 Å². The molecule has 1 unspecified atom stereocenters. The number of hydrogen-bond donors (Lipinski definition) is 1. The Labute approximate surface area is 163 Å². The van der Waals surface area contributed by atoms with Crippen LogP contribution in [0.5, 0.6) is 17.2 Å². The molecule has 26 heavy (non-hydrogen) atoms. The van der Waals surface area contributed by atoms with E-state index in [1.165, 1.54) is 5.56 Å². The van der Waals surface area contributed by atoms with E-state index < -0.39 is 0 Å². The zero-order chi connectivity index (χ0) is 18.5. The van der Waals surface area contributed by atoms with E-state index in [0.29, 0.717) is 17.2 Å². The third-order valence-electron chi connectivity index (χ3n) is 4.75. The van der Waals surface area contributed by atoms with Gasteiger partial charge in [0.2, 0.25) is 5.75 Å². The molecule has 0 spiro atoms. The molecule has 5 nitrogen and oxygen atoms in total. The van der Waals surface area contributed by atoms with E-state index in [2.05, 4.69) is 50.4 Å². The molecular formula is C20H25BrN2O3. The first kappa shape index (κ1) is 19.0. The van der Waals surface area contributed by atoms with Gasteiger partial charge in [0.15, 0.2) is 11.5 Å². The Morgan fingerprint density at radius 3 is 2.19 bits per heavy atom. The predicted molar refractivity (Wildman–Crippen MR) is 107 cm³/mol. The summed E-state index contributed by atoms with van der Waals surface area (Å²) in [4.78, 5) is 2.47. The number of nitrogens with one attached hydrogen (secondary N) is 1. The van der Waals surface area contributed by atoms with Gasteiger partial charge in [-0.3, -0.25) is 4.90 Å². The highest BCUT2D eigenvalue weighted by Gasteiger charge is 2.30. The number of ether oxygens (including phenoxy) is 3. The summed E-state index contributed by atoms with van der Waals surface area (Å²) in [7, 11) is 4.95. The molecule has 2 aromatic rings. The minimum atomic E-state index is 0.0578. The van der Waals surface area contributed by atoms with Crippen LogP contribution in [0, 0.1) is 0 Å². The first-order valence-corrected chi connectivity index (χ1v) is 9.48. The summed E-state index contributed by atoms with van der Waals surface area (Å²) < 4.78 is 17.9. The smallest absolute Gasteiger partial charge is 0.203 e. The van der Waals surface area contributed by atoms with Crippen molar-refractivity contribution in [2.75, 3.05) is 47.5 Å². The fraction of sp³-hybridized carbons (Fsp3) is 0.400. The van der Waals surface area contributed by atoms with E-state index in [9.17, 15) is 0 Å². The zero-order valence-corrected chi connectivity index (χ0v) is 17.0. The molecule has 1 atom stereocenters. The minimum Gasteiger partial charge on any atom is -0.493 e. The quantitative estimate of drug-likeness (QED) is 0.774. The van der Waals surface area contributed by atoms with Crippen LogP contribution in [0.3, 0.4) is 0 Å². The zero-order valence-electron chi connectivity index (χ0n) is 15.4. The van der Waals surface area contributed by atoms with Crippen molar-refractivity contribution in [1.82, 2.24) is 10.2 Å². The molecular weight excluding hydrogens is 396 g/mol. The minimum absolute atomic E-state index is 0.0578. The Balaban J connectivity index is 2.17. The molecule has 1 heterocycles. The maximum atomic E-state index is 5.78. The number of nitrogens with zero attached hydrogens (tertiary/aromatic N) is 1. The second-order valence-electron chi connectivity index (χ2n) is 6.13. The van der Waals surface area contributed by atoms with Crippen molar-refractivity contribution in [3.63, 3.8) is 0 Å². The fourth-order valence-electron chi connectivity index (χ4n) is 3.54. The van der Waals surface area contributed by atoms with Gasteiger partial charge in [-0.15, -0.1) is 0 Å². The Kier molecular flexibility index (Phi) is 6.40. The summed E-state index contributed by atoms with van der Waals surface area (Å²) in [5.41, 5.74) is 2.28. The lowest BCUT2D eigenvalue weighted by molar-refractivity contribution is 0.194. The summed E-state index contributed by atoms with van der Waals surface area (Å²) in [6, 6.07) is 12.4. The highest BCUT2D eigenvalue weighted by atomic mass is 79.9. The maximum Gasteiger partial charge on any atom is 0.203 e. The van der Waals surface area contributed by atoms with Gasteiger partial charge in [-0.05, 0) is 23.8 Å². The van der Waals surface area contributed by atoms with E-state index in [-0.39, 0.29) is 6.04 Å². The van der Waals surface area contributed by atoms with Gasteiger partial charge in [0.25, 0.3) is 0 Å². The largest absolute Gasteiger partial charge is 0.493 e. The van der Waals surface area contributed by atoms with Crippen molar-refractivity contribution in [3.05, 3.63) is 52.0 Å². The molecule has 1 fully saturated rings. The van der Waals surface area contributed by atoms with Crippen LogP contribution in [0.15, 0.2) is 40.9 Å². The van der Waals surface area contributed by atoms with Crippen molar-refractivity contribution in [2.24, 2.45) is 0 Å². The molecule has 140 valence electrons. The van der Waals surface area contributed by atoms with Crippen LogP contribution in [0.4, 0.5) is 0 Å². The van der Waals surface area contributed by atoms with E-state index in [4.69, 9.17) is 14.2 Å². The average Bonchev–Trinajstić information content (AvgIpc) is 2.69. The van der Waals surface area contributed by atoms with Crippen LogP contribution in [-0.2, 0) is 0 Å². The summed E-state index contributed by atoms with van der Waals surface area (Å²) in [6.07, 6.45) is 0. The molecule has 1 aliphatic heterocycles. The molecule has 0 aromatic heterocycles. The molecule has 3 rings (SSSR count). The number of rotatable bonds is 6. The first-order chi connectivity index (χ1) is 12.7. The third-order valence-corrected chi connectivity index (χ3v) is 5.47. The van der Waals surface area contributed by atoms with Crippen molar-refractivity contribution >= 4 is 15.9 Å². The van der Waals surface area contributed by atoms with Gasteiger partial charge in [0.05, 0.1) is 27.4 Å². The Bertz CT molecular complexity index is 748. The molecule has 0 amide bonds. The Hall–Kier alpha value is -1.76. The second kappa shape index (κ2) is 8.75. The van der Waals surface area contributed by atoms with Gasteiger partial charge in [-0.2, -0.15) is 0 Å². The molecule has 0 saturated carbocycles. The van der Waals surface area contributed by atoms with Gasteiger partial charge in [0, 0.05) is 36.2 Å². The van der Waals surface area contributed by atoms with Crippen LogP contribution in [0.2, 0.25) is 0 Å². The van der Waals surface area contributed by atoms with Crippen molar-refractivity contribution in [1.29, 1.82) is 0 Å². The number of piperazine rings is 1. The van der Waals surface area contributed by atoms with Crippen LogP contribution in [0.1, 0.15) is 17.2 Å². The van der Waals surface area contributed by atoms with Crippen molar-refractivity contribution in [2.45, 2.75) is 6.04 Å². The van der Waals surface area contributed by atoms with Crippen molar-refractivity contribution in [3.8, 4) is 17.2 Å². The normalized spacial score (nSPS) is 16.2. The van der Waals surface area contributed by atoms with Crippen LogP contribution < -0.4 is 19.5 Å². The Morgan fingerprint density at radius 2 is 1.58 bits per heavy atom. The van der Waals surface area contributed by atoms with Crippen LogP contribution in [-0.4, -0.2) is 52.4 Å². The number of methoxy groups -OCH3 is 3. The third kappa shape index (κ3) is 3.68. The first-order valence-electron chi connectivity index (χ1n) is 8.69. The summed E-state index contributed by atoms with van der Waals surface area (Å²) >= 11 is 3.73. The number of benzene rings is 2. The number of halogens is 1. The molecule has 0 bridgehead atoms. The van der Waals surface area contributed by atoms with E-state index in [0.717, 1.165) is 36.2 Å². The predicted octanol–water partition coefficient (Wildman–Crippen LogP) is 3.47. The SMILES string of the molecule is COc1ccc(C(c2ccccc2Br)N2CCNCC2)c(OC)c1OC. The standard InChI is InChI=1S/C20H25BrN2O3/c1-24-17-9-8-15(19(25-2)20(17)26-3)18(23-12-10-22-11-13-23)14-6-4-5-7-16(14)21/h4-9,18,22H,10-13H2,1-3H3. The van der Waals surface area contributed by atoms with E-state index in [1.807, 2.05) is 12.1 Å². The van der Waals surface area contributed by atoms with Gasteiger partial charge in [-0.25, -0.2) is 0 Å². The summed E-state index contributed by atoms with van der Waals surface area (Å²) in [5, 5.41) is 3.43. The second-order valence-corrected chi connectivity index (χ2v) is 6.99. The fourth-order valence-corrected chi connectivity index (χ4v) is 4.04. The Morgan fingerprint density at radius 1 is 0.885 bits per heavy atom. The lowest BCUT2D eigenvalue weighted by Crippen LogP contribution is -2.45. The highest BCUT2D eigenvalue weighted by molar-refractivity contribution is 9.10. The maximum absolute atomic E-state index is 5.78. The lowest BCUT2D eigenvalue weighted by atomic mass is 9.95. The molecule has 6 heteroatoms. The van der Waals surface area contributed by atoms with Gasteiger partial charge in [-0.1, -0.05) is 34.1 Å². The highest BCUT2D eigenvalue weighted by Crippen LogP contribution is 2.46. The topological polar surface area (TPSA) is 43.0 Å². The lowest BCUT2D eigenvalue weighted by Gasteiger charge is -2.36. The molecule has 1 N–H and O–H groups in total. The van der Waals surface area contributed by atoms with Gasteiger partial charge in [0.1, 0.15) is 0 Å². The van der Waals surface area contributed by atoms with Gasteiger partial charge >= 0.3 is 0 Å². The average molecular weight is 421 g/mol. The van der Waals surface area contributed by atoms with Crippen molar-refractivity contribution < 1.29 is 14.2 Å². The molecule has 1 saturated heterocycles. The molecule has 1 aliphatic rings. The molecule has 0 radical (unpaired) electrons. The van der Waals surface area contributed by atoms with E-state index in [1.54, 1.807) is 21.3 Å². The summed E-state index contributed by atoms with van der Waals surface area (Å²) in [6.45, 7) is 3.86. The van der Waals surface area contributed by atoms with Crippen LogP contribution in [0.25, 0.3) is 0 Å². The monoisotopic (exact) mass is 420 g/mol. The number of hydrogen-bond acceptors (Lipinski definition) is 5. The van der Waals surface area contributed by atoms with Gasteiger partial charge < -0.3 is 19.5 Å².